The first-order valence-electron chi connectivity index (χ1n) is 7.79. The van der Waals surface area contributed by atoms with Crippen LogP contribution in [-0.2, 0) is 11.2 Å². The standard InChI is InChI=1S/C19H21NOS/c21-19-12-16(14-22)13-20(19)11-10-15-6-8-18(9-7-15)17-4-2-1-3-5-17/h1-9,16,22H,10-14H2. The molecule has 114 valence electrons. The van der Waals surface area contributed by atoms with Gasteiger partial charge in [-0.2, -0.15) is 12.6 Å². The second kappa shape index (κ2) is 7.01. The molecule has 1 fully saturated rings. The Balaban J connectivity index is 1.59. The molecule has 0 radical (unpaired) electrons. The van der Waals surface area contributed by atoms with Crippen LogP contribution in [0.2, 0.25) is 0 Å². The Morgan fingerprint density at radius 2 is 1.68 bits per heavy atom. The summed E-state index contributed by atoms with van der Waals surface area (Å²) in [6.07, 6.45) is 1.58. The number of carbonyl (C=O) groups excluding carboxylic acids is 1. The molecule has 1 aliphatic rings. The number of benzene rings is 2. The number of amides is 1. The molecule has 1 unspecified atom stereocenters. The summed E-state index contributed by atoms with van der Waals surface area (Å²) in [6.45, 7) is 1.68. The molecule has 3 heteroatoms. The molecule has 2 aromatic carbocycles. The lowest BCUT2D eigenvalue weighted by Gasteiger charge is -2.16. The minimum atomic E-state index is 0.278. The van der Waals surface area contributed by atoms with Crippen LogP contribution in [0.5, 0.6) is 0 Å². The van der Waals surface area contributed by atoms with Gasteiger partial charge in [-0.1, -0.05) is 54.6 Å². The van der Waals surface area contributed by atoms with Crippen LogP contribution >= 0.6 is 12.6 Å². The van der Waals surface area contributed by atoms with E-state index in [0.29, 0.717) is 12.3 Å². The predicted molar refractivity (Wildman–Crippen MR) is 94.1 cm³/mol. The first-order chi connectivity index (χ1) is 10.8. The minimum absolute atomic E-state index is 0.278. The fraction of sp³-hybridized carbons (Fsp3) is 0.316. The molecule has 2 aromatic rings. The summed E-state index contributed by atoms with van der Waals surface area (Å²) in [5.41, 5.74) is 3.75. The van der Waals surface area contributed by atoms with Crippen molar-refractivity contribution in [1.82, 2.24) is 4.90 Å². The molecule has 1 heterocycles. The molecule has 1 amide bonds. The van der Waals surface area contributed by atoms with E-state index in [0.717, 1.165) is 25.3 Å². The average molecular weight is 311 g/mol. The van der Waals surface area contributed by atoms with Crippen molar-refractivity contribution in [1.29, 1.82) is 0 Å². The van der Waals surface area contributed by atoms with Crippen molar-refractivity contribution in [3.63, 3.8) is 0 Å². The van der Waals surface area contributed by atoms with Crippen molar-refractivity contribution in [2.24, 2.45) is 5.92 Å². The Morgan fingerprint density at radius 3 is 2.32 bits per heavy atom. The molecule has 1 atom stereocenters. The number of likely N-dealkylation sites (tertiary alicyclic amines) is 1. The van der Waals surface area contributed by atoms with Gasteiger partial charge in [-0.15, -0.1) is 0 Å². The summed E-state index contributed by atoms with van der Waals surface area (Å²) >= 11 is 4.30. The van der Waals surface area contributed by atoms with Crippen molar-refractivity contribution in [2.45, 2.75) is 12.8 Å². The van der Waals surface area contributed by atoms with Crippen LogP contribution in [0.3, 0.4) is 0 Å². The molecule has 0 aromatic heterocycles. The number of hydrogen-bond acceptors (Lipinski definition) is 2. The molecule has 3 rings (SSSR count). The van der Waals surface area contributed by atoms with E-state index in [1.165, 1.54) is 16.7 Å². The lowest BCUT2D eigenvalue weighted by Crippen LogP contribution is -2.27. The zero-order valence-electron chi connectivity index (χ0n) is 12.6. The molecule has 0 spiro atoms. The van der Waals surface area contributed by atoms with Gasteiger partial charge in [-0.05, 0) is 34.8 Å². The highest BCUT2D eigenvalue weighted by Gasteiger charge is 2.27. The van der Waals surface area contributed by atoms with Crippen molar-refractivity contribution < 1.29 is 4.79 Å². The van der Waals surface area contributed by atoms with E-state index in [2.05, 4.69) is 61.2 Å². The van der Waals surface area contributed by atoms with Crippen LogP contribution in [-0.4, -0.2) is 29.6 Å². The summed E-state index contributed by atoms with van der Waals surface area (Å²) in [7, 11) is 0. The highest BCUT2D eigenvalue weighted by molar-refractivity contribution is 7.80. The molecule has 0 bridgehead atoms. The number of rotatable bonds is 5. The second-order valence-corrected chi connectivity index (χ2v) is 6.27. The number of carbonyl (C=O) groups is 1. The van der Waals surface area contributed by atoms with Crippen LogP contribution in [0.15, 0.2) is 54.6 Å². The molecular weight excluding hydrogens is 290 g/mol. The summed E-state index contributed by atoms with van der Waals surface area (Å²) in [4.78, 5) is 13.9. The summed E-state index contributed by atoms with van der Waals surface area (Å²) in [5, 5.41) is 0. The lowest BCUT2D eigenvalue weighted by molar-refractivity contribution is -0.127. The number of nitrogens with zero attached hydrogens (tertiary/aromatic N) is 1. The third-order valence-corrected chi connectivity index (χ3v) is 4.80. The topological polar surface area (TPSA) is 20.3 Å². The van der Waals surface area contributed by atoms with Gasteiger partial charge in [-0.3, -0.25) is 4.79 Å². The Hall–Kier alpha value is -1.74. The van der Waals surface area contributed by atoms with Crippen molar-refractivity contribution in [3.8, 4) is 11.1 Å². The van der Waals surface area contributed by atoms with Gasteiger partial charge in [0.2, 0.25) is 5.91 Å². The van der Waals surface area contributed by atoms with Crippen molar-refractivity contribution >= 4 is 18.5 Å². The smallest absolute Gasteiger partial charge is 0.222 e. The van der Waals surface area contributed by atoms with Gasteiger partial charge >= 0.3 is 0 Å². The largest absolute Gasteiger partial charge is 0.342 e. The fourth-order valence-corrected chi connectivity index (χ4v) is 3.20. The van der Waals surface area contributed by atoms with E-state index in [1.54, 1.807) is 0 Å². The van der Waals surface area contributed by atoms with Crippen LogP contribution in [0.1, 0.15) is 12.0 Å². The SMILES string of the molecule is O=C1CC(CS)CN1CCc1ccc(-c2ccccc2)cc1. The summed E-state index contributed by atoms with van der Waals surface area (Å²) in [6, 6.07) is 19.0. The zero-order chi connectivity index (χ0) is 15.4. The maximum absolute atomic E-state index is 11.9. The molecule has 0 aliphatic carbocycles. The normalized spacial score (nSPS) is 18.0. The van der Waals surface area contributed by atoms with Gasteiger partial charge in [-0.25, -0.2) is 0 Å². The fourth-order valence-electron chi connectivity index (χ4n) is 2.95. The van der Waals surface area contributed by atoms with Gasteiger partial charge in [0.25, 0.3) is 0 Å². The Kier molecular flexibility index (Phi) is 4.84. The summed E-state index contributed by atoms with van der Waals surface area (Å²) < 4.78 is 0. The molecule has 2 nitrogen and oxygen atoms in total. The van der Waals surface area contributed by atoms with E-state index in [-0.39, 0.29) is 5.91 Å². The van der Waals surface area contributed by atoms with E-state index in [1.807, 2.05) is 11.0 Å². The highest BCUT2D eigenvalue weighted by Crippen LogP contribution is 2.21. The van der Waals surface area contributed by atoms with Gasteiger partial charge in [0.1, 0.15) is 0 Å². The van der Waals surface area contributed by atoms with Gasteiger partial charge in [0.05, 0.1) is 0 Å². The van der Waals surface area contributed by atoms with E-state index < -0.39 is 0 Å². The quantitative estimate of drug-likeness (QED) is 0.835. The van der Waals surface area contributed by atoms with Crippen LogP contribution in [0, 0.1) is 5.92 Å². The van der Waals surface area contributed by atoms with Crippen LogP contribution in [0.25, 0.3) is 11.1 Å². The predicted octanol–water partition coefficient (Wildman–Crippen LogP) is 3.67. The molecule has 1 aliphatic heterocycles. The molecular formula is C19H21NOS. The van der Waals surface area contributed by atoms with Gasteiger partial charge < -0.3 is 4.90 Å². The van der Waals surface area contributed by atoms with E-state index in [4.69, 9.17) is 0 Å². The maximum Gasteiger partial charge on any atom is 0.222 e. The van der Waals surface area contributed by atoms with Crippen molar-refractivity contribution in [3.05, 3.63) is 60.2 Å². The van der Waals surface area contributed by atoms with Gasteiger partial charge in [0.15, 0.2) is 0 Å². The van der Waals surface area contributed by atoms with E-state index >= 15 is 0 Å². The van der Waals surface area contributed by atoms with Crippen molar-refractivity contribution in [2.75, 3.05) is 18.8 Å². The molecule has 0 saturated carbocycles. The number of thiol groups is 1. The monoisotopic (exact) mass is 311 g/mol. The third-order valence-electron chi connectivity index (χ3n) is 4.28. The lowest BCUT2D eigenvalue weighted by atomic mass is 10.0. The zero-order valence-corrected chi connectivity index (χ0v) is 13.5. The minimum Gasteiger partial charge on any atom is -0.342 e. The first-order valence-corrected chi connectivity index (χ1v) is 8.42. The molecule has 1 saturated heterocycles. The van der Waals surface area contributed by atoms with Crippen LogP contribution in [0.4, 0.5) is 0 Å². The Labute approximate surface area is 137 Å². The second-order valence-electron chi connectivity index (χ2n) is 5.91. The first kappa shape index (κ1) is 15.2. The average Bonchev–Trinajstić information content (AvgIpc) is 2.94. The number of hydrogen-bond donors (Lipinski definition) is 1. The maximum atomic E-state index is 11.9. The molecule has 0 N–H and O–H groups in total. The molecule has 22 heavy (non-hydrogen) atoms. The summed E-state index contributed by atoms with van der Waals surface area (Å²) in [5.74, 6) is 1.50. The van der Waals surface area contributed by atoms with Crippen LogP contribution < -0.4 is 0 Å². The Bertz CT molecular complexity index is 624. The highest BCUT2D eigenvalue weighted by atomic mass is 32.1. The van der Waals surface area contributed by atoms with Gasteiger partial charge in [0, 0.05) is 19.5 Å². The Morgan fingerprint density at radius 1 is 1.00 bits per heavy atom. The van der Waals surface area contributed by atoms with E-state index in [9.17, 15) is 4.79 Å². The third kappa shape index (κ3) is 3.53.